The third-order valence-corrected chi connectivity index (χ3v) is 4.84. The van der Waals surface area contributed by atoms with Crippen LogP contribution in [0, 0.1) is 0 Å². The van der Waals surface area contributed by atoms with Crippen LogP contribution >= 0.6 is 11.6 Å². The largest absolute Gasteiger partial charge is 0.508 e. The quantitative estimate of drug-likeness (QED) is 0.943. The molecule has 0 spiro atoms. The molecule has 0 aliphatic heterocycles. The fraction of sp³-hybridized carbons (Fsp3) is 0.0833. The van der Waals surface area contributed by atoms with Gasteiger partial charge in [-0.2, -0.15) is 0 Å². The first-order valence-electron chi connectivity index (χ1n) is 5.30. The lowest BCUT2D eigenvalue weighted by molar-refractivity contribution is 0.475. The van der Waals surface area contributed by atoms with Crippen LogP contribution in [0.5, 0.6) is 5.75 Å². The molecule has 1 aromatic carbocycles. The predicted octanol–water partition coefficient (Wildman–Crippen LogP) is 2.27. The molecule has 0 unspecified atom stereocenters. The van der Waals surface area contributed by atoms with E-state index in [9.17, 15) is 13.5 Å². The number of halogens is 1. The first kappa shape index (κ1) is 13.6. The summed E-state index contributed by atoms with van der Waals surface area (Å²) in [6, 6.07) is 7.23. The van der Waals surface area contributed by atoms with E-state index in [4.69, 9.17) is 11.6 Å². The van der Waals surface area contributed by atoms with Gasteiger partial charge in [-0.05, 0) is 30.3 Å². The zero-order chi connectivity index (χ0) is 14.0. The molecule has 5 nitrogen and oxygen atoms in total. The number of benzene rings is 1. The summed E-state index contributed by atoms with van der Waals surface area (Å²) in [6.45, 7) is 0. The predicted molar refractivity (Wildman–Crippen MR) is 72.9 cm³/mol. The van der Waals surface area contributed by atoms with Gasteiger partial charge in [0.1, 0.15) is 10.6 Å². The number of aromatic nitrogens is 1. The van der Waals surface area contributed by atoms with Crippen molar-refractivity contribution in [3.63, 3.8) is 0 Å². The van der Waals surface area contributed by atoms with Crippen LogP contribution in [0.2, 0.25) is 5.02 Å². The Labute approximate surface area is 116 Å². The summed E-state index contributed by atoms with van der Waals surface area (Å²) >= 11 is 5.88. The summed E-state index contributed by atoms with van der Waals surface area (Å²) in [7, 11) is -2.37. The summed E-state index contributed by atoms with van der Waals surface area (Å²) in [4.78, 5) is 3.71. The van der Waals surface area contributed by atoms with Crippen LogP contribution in [0.1, 0.15) is 0 Å². The second kappa shape index (κ2) is 5.07. The molecule has 19 heavy (non-hydrogen) atoms. The lowest BCUT2D eigenvalue weighted by Crippen LogP contribution is -2.26. The minimum absolute atomic E-state index is 0.0627. The van der Waals surface area contributed by atoms with E-state index in [-0.39, 0.29) is 15.7 Å². The van der Waals surface area contributed by atoms with Crippen LogP contribution in [0.25, 0.3) is 0 Å². The van der Waals surface area contributed by atoms with Crippen LogP contribution in [0.4, 0.5) is 5.69 Å². The van der Waals surface area contributed by atoms with E-state index in [1.165, 1.54) is 49.8 Å². The van der Waals surface area contributed by atoms with Crippen LogP contribution in [-0.2, 0) is 10.0 Å². The molecule has 1 aromatic heterocycles. The van der Waals surface area contributed by atoms with Crippen molar-refractivity contribution >= 4 is 27.3 Å². The van der Waals surface area contributed by atoms with Gasteiger partial charge in [-0.1, -0.05) is 11.6 Å². The average molecular weight is 299 g/mol. The lowest BCUT2D eigenvalue weighted by Gasteiger charge is -2.19. The Kier molecular flexibility index (Phi) is 3.64. The Balaban J connectivity index is 2.45. The molecule has 0 radical (unpaired) electrons. The SMILES string of the molecule is CN(c1ccc(O)cc1)S(=O)(=O)c1cnccc1Cl. The summed E-state index contributed by atoms with van der Waals surface area (Å²) < 4.78 is 25.8. The van der Waals surface area contributed by atoms with Gasteiger partial charge in [0.15, 0.2) is 0 Å². The maximum Gasteiger partial charge on any atom is 0.267 e. The number of anilines is 1. The number of rotatable bonds is 3. The van der Waals surface area contributed by atoms with Gasteiger partial charge in [0.25, 0.3) is 10.0 Å². The van der Waals surface area contributed by atoms with E-state index in [0.29, 0.717) is 5.69 Å². The molecule has 0 bridgehead atoms. The highest BCUT2D eigenvalue weighted by molar-refractivity contribution is 7.93. The second-order valence-electron chi connectivity index (χ2n) is 3.80. The van der Waals surface area contributed by atoms with Crippen molar-refractivity contribution in [2.75, 3.05) is 11.4 Å². The smallest absolute Gasteiger partial charge is 0.267 e. The van der Waals surface area contributed by atoms with Crippen LogP contribution in [0.15, 0.2) is 47.6 Å². The number of sulfonamides is 1. The minimum Gasteiger partial charge on any atom is -0.508 e. The molecule has 0 aliphatic carbocycles. The van der Waals surface area contributed by atoms with Crippen LogP contribution in [0.3, 0.4) is 0 Å². The van der Waals surface area contributed by atoms with Gasteiger partial charge in [0.05, 0.1) is 10.7 Å². The molecule has 0 aliphatic rings. The maximum absolute atomic E-state index is 12.4. The van der Waals surface area contributed by atoms with E-state index in [2.05, 4.69) is 4.98 Å². The summed E-state index contributed by atoms with van der Waals surface area (Å²) in [5.41, 5.74) is 0.415. The standard InChI is InChI=1S/C12H11ClN2O3S/c1-15(9-2-4-10(16)5-3-9)19(17,18)12-8-14-7-6-11(12)13/h2-8,16H,1H3. The van der Waals surface area contributed by atoms with Crippen molar-refractivity contribution < 1.29 is 13.5 Å². The van der Waals surface area contributed by atoms with Crippen LogP contribution < -0.4 is 4.31 Å². The Morgan fingerprint density at radius 2 is 1.84 bits per heavy atom. The fourth-order valence-electron chi connectivity index (χ4n) is 1.50. The normalized spacial score (nSPS) is 11.3. The third kappa shape index (κ3) is 2.64. The molecule has 0 saturated carbocycles. The summed E-state index contributed by atoms with van der Waals surface area (Å²) in [5.74, 6) is 0.0639. The van der Waals surface area contributed by atoms with E-state index >= 15 is 0 Å². The van der Waals surface area contributed by atoms with Crippen molar-refractivity contribution in [3.8, 4) is 5.75 Å². The molecular formula is C12H11ClN2O3S. The van der Waals surface area contributed by atoms with E-state index < -0.39 is 10.0 Å². The van der Waals surface area contributed by atoms with Gasteiger partial charge < -0.3 is 5.11 Å². The first-order valence-corrected chi connectivity index (χ1v) is 7.12. The number of phenols is 1. The van der Waals surface area contributed by atoms with Crippen molar-refractivity contribution in [3.05, 3.63) is 47.7 Å². The second-order valence-corrected chi connectivity index (χ2v) is 6.14. The van der Waals surface area contributed by atoms with Gasteiger partial charge in [-0.15, -0.1) is 0 Å². The van der Waals surface area contributed by atoms with Gasteiger partial charge in [-0.25, -0.2) is 8.42 Å². The van der Waals surface area contributed by atoms with E-state index in [0.717, 1.165) is 4.31 Å². The highest BCUT2D eigenvalue weighted by Gasteiger charge is 2.24. The molecule has 1 N–H and O–H groups in total. The summed E-state index contributed by atoms with van der Waals surface area (Å²) in [5, 5.41) is 9.32. The van der Waals surface area contributed by atoms with Gasteiger partial charge >= 0.3 is 0 Å². The van der Waals surface area contributed by atoms with Crippen LogP contribution in [-0.4, -0.2) is 25.6 Å². The molecule has 0 atom stereocenters. The Bertz CT molecular complexity index is 686. The Morgan fingerprint density at radius 3 is 2.42 bits per heavy atom. The monoisotopic (exact) mass is 298 g/mol. The fourth-order valence-corrected chi connectivity index (χ4v) is 3.10. The number of hydrogen-bond donors (Lipinski definition) is 1. The molecule has 2 aromatic rings. The number of phenolic OH excluding ortho intramolecular Hbond substituents is 1. The van der Waals surface area contributed by atoms with Gasteiger partial charge in [0, 0.05) is 19.4 Å². The van der Waals surface area contributed by atoms with E-state index in [1.54, 1.807) is 0 Å². The molecule has 7 heteroatoms. The molecule has 0 fully saturated rings. The topological polar surface area (TPSA) is 70.5 Å². The maximum atomic E-state index is 12.4. The number of aromatic hydroxyl groups is 1. The zero-order valence-corrected chi connectivity index (χ0v) is 11.6. The summed E-state index contributed by atoms with van der Waals surface area (Å²) in [6.07, 6.45) is 2.62. The molecule has 100 valence electrons. The molecule has 2 rings (SSSR count). The highest BCUT2D eigenvalue weighted by atomic mass is 35.5. The average Bonchev–Trinajstić information content (AvgIpc) is 2.39. The first-order chi connectivity index (χ1) is 8.93. The van der Waals surface area contributed by atoms with Gasteiger partial charge in [-0.3, -0.25) is 9.29 Å². The Hall–Kier alpha value is -1.79. The Morgan fingerprint density at radius 1 is 1.21 bits per heavy atom. The van der Waals surface area contributed by atoms with Crippen molar-refractivity contribution in [1.82, 2.24) is 4.98 Å². The zero-order valence-electron chi connectivity index (χ0n) is 9.99. The van der Waals surface area contributed by atoms with Crippen molar-refractivity contribution in [1.29, 1.82) is 0 Å². The highest BCUT2D eigenvalue weighted by Crippen LogP contribution is 2.27. The minimum atomic E-state index is -3.78. The van der Waals surface area contributed by atoms with Crippen molar-refractivity contribution in [2.45, 2.75) is 4.90 Å². The number of hydrogen-bond acceptors (Lipinski definition) is 4. The molecular weight excluding hydrogens is 288 g/mol. The van der Waals surface area contributed by atoms with Gasteiger partial charge in [0.2, 0.25) is 0 Å². The number of pyridine rings is 1. The number of nitrogens with zero attached hydrogens (tertiary/aromatic N) is 2. The molecule has 0 amide bonds. The third-order valence-electron chi connectivity index (χ3n) is 2.59. The van der Waals surface area contributed by atoms with Crippen molar-refractivity contribution in [2.24, 2.45) is 0 Å². The molecule has 1 heterocycles. The lowest BCUT2D eigenvalue weighted by atomic mass is 10.3. The molecule has 0 saturated heterocycles. The van der Waals surface area contributed by atoms with E-state index in [1.807, 2.05) is 0 Å².